The van der Waals surface area contributed by atoms with Crippen molar-refractivity contribution < 1.29 is 18.7 Å². The molecule has 6 heteroatoms. The second kappa shape index (κ2) is 9.79. The van der Waals surface area contributed by atoms with E-state index >= 15 is 0 Å². The van der Waals surface area contributed by atoms with Crippen molar-refractivity contribution in [2.45, 2.75) is 19.8 Å². The number of esters is 1. The molecule has 4 rings (SSSR count). The zero-order valence-corrected chi connectivity index (χ0v) is 18.0. The van der Waals surface area contributed by atoms with Crippen LogP contribution in [0.5, 0.6) is 5.75 Å². The molecule has 2 heterocycles. The lowest BCUT2D eigenvalue weighted by atomic mass is 9.90. The number of ether oxygens (including phenoxy) is 2. The van der Waals surface area contributed by atoms with E-state index in [1.807, 2.05) is 49.4 Å². The molecule has 0 spiro atoms. The highest BCUT2D eigenvalue weighted by Gasteiger charge is 2.33. The van der Waals surface area contributed by atoms with E-state index in [-0.39, 0.29) is 17.8 Å². The van der Waals surface area contributed by atoms with Crippen LogP contribution in [0.25, 0.3) is 11.5 Å². The zero-order valence-electron chi connectivity index (χ0n) is 18.0. The van der Waals surface area contributed by atoms with Crippen LogP contribution in [-0.2, 0) is 22.4 Å². The number of hydrogen-bond donors (Lipinski definition) is 1. The SMILES string of the molecule is COC(=O)[C@H]1CNC[C@H]1Cc1ccc(OCCc2nc(-c3ccccc3)oc2C)cc1. The van der Waals surface area contributed by atoms with Crippen molar-refractivity contribution in [3.63, 3.8) is 0 Å². The minimum Gasteiger partial charge on any atom is -0.493 e. The van der Waals surface area contributed by atoms with Crippen molar-refractivity contribution in [2.24, 2.45) is 11.8 Å². The Labute approximate surface area is 182 Å². The Morgan fingerprint density at radius 3 is 2.65 bits per heavy atom. The van der Waals surface area contributed by atoms with Gasteiger partial charge in [-0.2, -0.15) is 0 Å². The molecular formula is C25H28N2O4. The summed E-state index contributed by atoms with van der Waals surface area (Å²) in [7, 11) is 1.45. The summed E-state index contributed by atoms with van der Waals surface area (Å²) in [6, 6.07) is 18.0. The second-order valence-electron chi connectivity index (χ2n) is 7.88. The lowest BCUT2D eigenvalue weighted by Crippen LogP contribution is -2.25. The van der Waals surface area contributed by atoms with E-state index in [1.165, 1.54) is 12.7 Å². The van der Waals surface area contributed by atoms with Crippen molar-refractivity contribution in [3.8, 4) is 17.2 Å². The molecule has 162 valence electrons. The largest absolute Gasteiger partial charge is 0.493 e. The number of hydrogen-bond acceptors (Lipinski definition) is 6. The smallest absolute Gasteiger partial charge is 0.310 e. The Bertz CT molecular complexity index is 998. The minimum atomic E-state index is -0.131. The molecular weight excluding hydrogens is 392 g/mol. The van der Waals surface area contributed by atoms with Crippen molar-refractivity contribution in [3.05, 3.63) is 71.6 Å². The molecule has 3 aromatic rings. The number of oxazole rings is 1. The summed E-state index contributed by atoms with van der Waals surface area (Å²) < 4.78 is 16.7. The number of benzene rings is 2. The van der Waals surface area contributed by atoms with E-state index in [9.17, 15) is 4.79 Å². The van der Waals surface area contributed by atoms with Crippen LogP contribution in [0, 0.1) is 18.8 Å². The van der Waals surface area contributed by atoms with Gasteiger partial charge in [0.2, 0.25) is 5.89 Å². The third kappa shape index (κ3) is 5.14. The molecule has 0 amide bonds. The summed E-state index contributed by atoms with van der Waals surface area (Å²) in [5.41, 5.74) is 3.08. The first kappa shape index (κ1) is 21.1. The zero-order chi connectivity index (χ0) is 21.6. The summed E-state index contributed by atoms with van der Waals surface area (Å²) in [5, 5.41) is 3.29. The predicted octanol–water partition coefficient (Wildman–Crippen LogP) is 3.82. The summed E-state index contributed by atoms with van der Waals surface area (Å²) in [6.07, 6.45) is 1.52. The van der Waals surface area contributed by atoms with Crippen LogP contribution in [0.1, 0.15) is 17.0 Å². The van der Waals surface area contributed by atoms with Crippen molar-refractivity contribution in [1.82, 2.24) is 10.3 Å². The molecule has 0 bridgehead atoms. The van der Waals surface area contributed by atoms with Crippen LogP contribution >= 0.6 is 0 Å². The van der Waals surface area contributed by atoms with Crippen LogP contribution in [0.3, 0.4) is 0 Å². The van der Waals surface area contributed by atoms with E-state index in [0.717, 1.165) is 35.7 Å². The highest BCUT2D eigenvalue weighted by Crippen LogP contribution is 2.25. The molecule has 2 atom stereocenters. The molecule has 0 aliphatic carbocycles. The number of carbonyl (C=O) groups is 1. The third-order valence-corrected chi connectivity index (χ3v) is 5.79. The predicted molar refractivity (Wildman–Crippen MR) is 118 cm³/mol. The monoisotopic (exact) mass is 420 g/mol. The van der Waals surface area contributed by atoms with Gasteiger partial charge in [0.1, 0.15) is 11.5 Å². The van der Waals surface area contributed by atoms with Gasteiger partial charge in [-0.3, -0.25) is 4.79 Å². The van der Waals surface area contributed by atoms with E-state index in [2.05, 4.69) is 22.4 Å². The average molecular weight is 421 g/mol. The molecule has 2 aromatic carbocycles. The molecule has 1 saturated heterocycles. The fourth-order valence-electron chi connectivity index (χ4n) is 4.03. The van der Waals surface area contributed by atoms with Crippen LogP contribution in [0.15, 0.2) is 59.0 Å². The number of carbonyl (C=O) groups excluding carboxylic acids is 1. The van der Waals surface area contributed by atoms with Gasteiger partial charge in [-0.25, -0.2) is 4.98 Å². The number of aromatic nitrogens is 1. The van der Waals surface area contributed by atoms with Crippen molar-refractivity contribution in [1.29, 1.82) is 0 Å². The first-order chi connectivity index (χ1) is 15.1. The summed E-state index contributed by atoms with van der Waals surface area (Å²) in [5.74, 6) is 2.34. The number of rotatable bonds is 8. The maximum Gasteiger partial charge on any atom is 0.310 e. The first-order valence-corrected chi connectivity index (χ1v) is 10.7. The normalized spacial score (nSPS) is 18.1. The van der Waals surface area contributed by atoms with Gasteiger partial charge in [-0.15, -0.1) is 0 Å². The van der Waals surface area contributed by atoms with Gasteiger partial charge in [-0.1, -0.05) is 30.3 Å². The number of nitrogens with one attached hydrogen (secondary N) is 1. The molecule has 31 heavy (non-hydrogen) atoms. The summed E-state index contributed by atoms with van der Waals surface area (Å²) >= 11 is 0. The quantitative estimate of drug-likeness (QED) is 0.559. The van der Waals surface area contributed by atoms with Gasteiger partial charge in [-0.05, 0) is 55.6 Å². The van der Waals surface area contributed by atoms with Crippen LogP contribution in [0.4, 0.5) is 0 Å². The van der Waals surface area contributed by atoms with E-state index in [0.29, 0.717) is 25.5 Å². The fourth-order valence-corrected chi connectivity index (χ4v) is 4.03. The van der Waals surface area contributed by atoms with Gasteiger partial charge in [0.25, 0.3) is 0 Å². The molecule has 1 N–H and O–H groups in total. The Morgan fingerprint density at radius 1 is 1.13 bits per heavy atom. The molecule has 0 saturated carbocycles. The second-order valence-corrected chi connectivity index (χ2v) is 7.88. The number of methoxy groups -OCH3 is 1. The highest BCUT2D eigenvalue weighted by molar-refractivity contribution is 5.73. The lowest BCUT2D eigenvalue weighted by molar-refractivity contribution is -0.146. The van der Waals surface area contributed by atoms with Crippen molar-refractivity contribution in [2.75, 3.05) is 26.8 Å². The van der Waals surface area contributed by atoms with Crippen molar-refractivity contribution >= 4 is 5.97 Å². The average Bonchev–Trinajstić information content (AvgIpc) is 3.41. The van der Waals surface area contributed by atoms with Gasteiger partial charge in [0.15, 0.2) is 0 Å². The Balaban J connectivity index is 1.29. The molecule has 6 nitrogen and oxygen atoms in total. The maximum atomic E-state index is 11.9. The Hall–Kier alpha value is -3.12. The molecule has 1 aliphatic heterocycles. The van der Waals surface area contributed by atoms with E-state index in [4.69, 9.17) is 13.9 Å². The van der Waals surface area contributed by atoms with Crippen LogP contribution in [0.2, 0.25) is 0 Å². The topological polar surface area (TPSA) is 73.6 Å². The third-order valence-electron chi connectivity index (χ3n) is 5.79. The standard InChI is InChI=1S/C25H28N2O4/c1-17-23(27-24(31-17)19-6-4-3-5-7-19)12-13-30-21-10-8-18(9-11-21)14-20-15-26-16-22(20)25(28)29-2/h3-11,20,22,26H,12-16H2,1-2H3/t20-,22+/m1/s1. The first-order valence-electron chi connectivity index (χ1n) is 10.7. The summed E-state index contributed by atoms with van der Waals surface area (Å²) in [4.78, 5) is 16.5. The van der Waals surface area contributed by atoms with Gasteiger partial charge in [0, 0.05) is 18.5 Å². The Morgan fingerprint density at radius 2 is 1.90 bits per heavy atom. The molecule has 0 unspecified atom stereocenters. The molecule has 1 aliphatic rings. The number of nitrogens with zero attached hydrogens (tertiary/aromatic N) is 1. The summed E-state index contributed by atoms with van der Waals surface area (Å²) in [6.45, 7) is 3.98. The van der Waals surface area contributed by atoms with Gasteiger partial charge >= 0.3 is 5.97 Å². The van der Waals surface area contributed by atoms with Gasteiger partial charge < -0.3 is 19.2 Å². The van der Waals surface area contributed by atoms with E-state index in [1.54, 1.807) is 0 Å². The van der Waals surface area contributed by atoms with Crippen LogP contribution in [-0.4, -0.2) is 37.8 Å². The van der Waals surface area contributed by atoms with Crippen LogP contribution < -0.4 is 10.1 Å². The maximum absolute atomic E-state index is 11.9. The lowest BCUT2D eigenvalue weighted by Gasteiger charge is -2.16. The highest BCUT2D eigenvalue weighted by atomic mass is 16.5. The minimum absolute atomic E-state index is 0.0765. The number of aryl methyl sites for hydroxylation is 1. The van der Waals surface area contributed by atoms with Gasteiger partial charge in [0.05, 0.1) is 25.3 Å². The molecule has 0 radical (unpaired) electrons. The van der Waals surface area contributed by atoms with E-state index < -0.39 is 0 Å². The molecule has 1 fully saturated rings. The molecule has 1 aromatic heterocycles. The Kier molecular flexibility index (Phi) is 6.67. The fraction of sp³-hybridized carbons (Fsp3) is 0.360.